The van der Waals surface area contributed by atoms with E-state index in [-0.39, 0.29) is 0 Å². The van der Waals surface area contributed by atoms with Crippen LogP contribution in [-0.2, 0) is 0 Å². The molecule has 1 aliphatic rings. The third-order valence-electron chi connectivity index (χ3n) is 14.8. The minimum atomic E-state index is -1.99. The number of para-hydroxylation sites is 3. The summed E-state index contributed by atoms with van der Waals surface area (Å²) < 4.78 is 4.84. The summed E-state index contributed by atoms with van der Waals surface area (Å²) >= 11 is 0. The van der Waals surface area contributed by atoms with Gasteiger partial charge in [0.25, 0.3) is 0 Å². The summed E-state index contributed by atoms with van der Waals surface area (Å²) in [6, 6.07) is 85.4. The van der Waals surface area contributed by atoms with Gasteiger partial charge in [-0.2, -0.15) is 0 Å². The van der Waals surface area contributed by atoms with Crippen molar-refractivity contribution in [2.45, 2.75) is 13.1 Å². The SMILES string of the molecule is C[Si]1(C)c2ccccc2-c2ccc(-c3nc(-c4ccccc4)nc(-c4ccc(-c5ccccc5)cc4-n4c5ccccc5c5c(-c6cccc7c6c6ccccc6n7-c6ccccc6)cccc54)n3)cc21. The molecule has 13 aromatic rings. The molecular formula is C65H45N5Si. The second-order valence-corrected chi connectivity index (χ2v) is 23.5. The molecule has 334 valence electrons. The average Bonchev–Trinajstić information content (AvgIpc) is 4.04. The van der Waals surface area contributed by atoms with E-state index in [4.69, 9.17) is 15.0 Å². The third-order valence-corrected chi connectivity index (χ3v) is 18.3. The molecule has 0 N–H and O–H groups in total. The summed E-state index contributed by atoms with van der Waals surface area (Å²) in [5.41, 5.74) is 16.8. The van der Waals surface area contributed by atoms with Crippen LogP contribution in [0.2, 0.25) is 13.1 Å². The number of aromatic nitrogens is 5. The number of fused-ring (bicyclic) bond motifs is 9. The molecule has 0 unspecified atom stereocenters. The molecule has 0 radical (unpaired) electrons. The van der Waals surface area contributed by atoms with Gasteiger partial charge in [-0.3, -0.25) is 0 Å². The van der Waals surface area contributed by atoms with E-state index >= 15 is 0 Å². The highest BCUT2D eigenvalue weighted by molar-refractivity contribution is 7.03. The molecule has 5 nitrogen and oxygen atoms in total. The smallest absolute Gasteiger partial charge is 0.166 e. The van der Waals surface area contributed by atoms with Crippen molar-refractivity contribution in [3.05, 3.63) is 237 Å². The van der Waals surface area contributed by atoms with Crippen molar-refractivity contribution >= 4 is 62.1 Å². The van der Waals surface area contributed by atoms with Crippen molar-refractivity contribution in [1.82, 2.24) is 24.1 Å². The van der Waals surface area contributed by atoms with Crippen LogP contribution in [-0.4, -0.2) is 32.2 Å². The maximum absolute atomic E-state index is 5.49. The molecule has 0 atom stereocenters. The Bertz CT molecular complexity index is 4250. The highest BCUT2D eigenvalue weighted by Crippen LogP contribution is 2.45. The van der Waals surface area contributed by atoms with Crippen molar-refractivity contribution in [1.29, 1.82) is 0 Å². The van der Waals surface area contributed by atoms with Crippen molar-refractivity contribution in [2.75, 3.05) is 0 Å². The Hall–Kier alpha value is -8.97. The van der Waals surface area contributed by atoms with E-state index < -0.39 is 8.07 Å². The normalized spacial score (nSPS) is 12.8. The van der Waals surface area contributed by atoms with E-state index in [0.29, 0.717) is 17.5 Å². The van der Waals surface area contributed by atoms with Gasteiger partial charge in [0.15, 0.2) is 17.5 Å². The first-order valence-electron chi connectivity index (χ1n) is 24.4. The standard InChI is InChI=1S/C65H45N5Si/c1-71(2)59-35-17-14-26-47(59)48-38-37-45(41-60(48)71)64-66-63(43-22-8-4-9-23-43)67-65(68-64)53-39-36-44(42-20-6-3-7-21-42)40-58(53)70-55-32-16-13-28-52(55)62-50(30-19-34-57(62)70)49-29-18-33-56-61(49)51-27-12-15-31-54(51)69(56)46-24-10-5-11-25-46/h3-41H,1-2H3. The average molecular weight is 924 g/mol. The first-order chi connectivity index (χ1) is 35.0. The third kappa shape index (κ3) is 6.42. The van der Waals surface area contributed by atoms with E-state index in [1.165, 1.54) is 65.2 Å². The van der Waals surface area contributed by atoms with Crippen LogP contribution in [0.1, 0.15) is 0 Å². The summed E-state index contributed by atoms with van der Waals surface area (Å²) in [4.78, 5) is 16.2. The van der Waals surface area contributed by atoms with Gasteiger partial charge in [0.1, 0.15) is 8.07 Å². The van der Waals surface area contributed by atoms with Crippen LogP contribution >= 0.6 is 0 Å². The van der Waals surface area contributed by atoms with Gasteiger partial charge in [-0.1, -0.05) is 201 Å². The second-order valence-electron chi connectivity index (χ2n) is 19.1. The molecule has 0 aliphatic carbocycles. The molecule has 0 saturated carbocycles. The van der Waals surface area contributed by atoms with Crippen LogP contribution in [0.3, 0.4) is 0 Å². The van der Waals surface area contributed by atoms with Crippen LogP contribution in [0.25, 0.3) is 123 Å². The van der Waals surface area contributed by atoms with Gasteiger partial charge in [0, 0.05) is 43.9 Å². The van der Waals surface area contributed by atoms with Crippen molar-refractivity contribution < 1.29 is 0 Å². The maximum atomic E-state index is 5.49. The molecular weight excluding hydrogens is 879 g/mol. The first-order valence-corrected chi connectivity index (χ1v) is 27.4. The van der Waals surface area contributed by atoms with Crippen LogP contribution < -0.4 is 10.4 Å². The van der Waals surface area contributed by atoms with Gasteiger partial charge in [-0.05, 0) is 92.3 Å². The number of rotatable bonds is 7. The number of nitrogens with zero attached hydrogens (tertiary/aromatic N) is 5. The summed E-state index contributed by atoms with van der Waals surface area (Å²) in [6.45, 7) is 4.91. The lowest BCUT2D eigenvalue weighted by atomic mass is 9.95. The van der Waals surface area contributed by atoms with E-state index in [1.807, 2.05) is 6.07 Å². The molecule has 10 aromatic carbocycles. The molecule has 4 heterocycles. The number of hydrogen-bond donors (Lipinski definition) is 0. The highest BCUT2D eigenvalue weighted by atomic mass is 28.3. The second kappa shape index (κ2) is 16.1. The number of hydrogen-bond acceptors (Lipinski definition) is 3. The van der Waals surface area contributed by atoms with E-state index in [2.05, 4.69) is 253 Å². The van der Waals surface area contributed by atoms with Crippen molar-refractivity contribution in [3.63, 3.8) is 0 Å². The molecule has 1 aliphatic heterocycles. The van der Waals surface area contributed by atoms with Gasteiger partial charge >= 0.3 is 0 Å². The zero-order valence-electron chi connectivity index (χ0n) is 39.3. The quantitative estimate of drug-likeness (QED) is 0.150. The summed E-state index contributed by atoms with van der Waals surface area (Å²) in [6.07, 6.45) is 0. The summed E-state index contributed by atoms with van der Waals surface area (Å²) in [7, 11) is -1.99. The largest absolute Gasteiger partial charge is 0.309 e. The lowest BCUT2D eigenvalue weighted by Gasteiger charge is -2.19. The van der Waals surface area contributed by atoms with Crippen LogP contribution in [0.4, 0.5) is 0 Å². The van der Waals surface area contributed by atoms with Crippen molar-refractivity contribution in [3.8, 4) is 78.9 Å². The topological polar surface area (TPSA) is 48.5 Å². The van der Waals surface area contributed by atoms with E-state index in [1.54, 1.807) is 0 Å². The fourth-order valence-corrected chi connectivity index (χ4v) is 14.6. The Morgan fingerprint density at radius 3 is 1.48 bits per heavy atom. The molecule has 14 rings (SSSR count). The predicted octanol–water partition coefficient (Wildman–Crippen LogP) is 15.2. The minimum Gasteiger partial charge on any atom is -0.309 e. The van der Waals surface area contributed by atoms with Gasteiger partial charge in [0.2, 0.25) is 0 Å². The lowest BCUT2D eigenvalue weighted by Crippen LogP contribution is -2.49. The highest BCUT2D eigenvalue weighted by Gasteiger charge is 2.37. The van der Waals surface area contributed by atoms with Gasteiger partial charge in [-0.25, -0.2) is 15.0 Å². The zero-order valence-corrected chi connectivity index (χ0v) is 40.3. The first kappa shape index (κ1) is 41.0. The Morgan fingerprint density at radius 1 is 0.310 bits per heavy atom. The Morgan fingerprint density at radius 2 is 0.789 bits per heavy atom. The van der Waals surface area contributed by atoms with E-state index in [9.17, 15) is 0 Å². The molecule has 0 spiro atoms. The minimum absolute atomic E-state index is 0.615. The van der Waals surface area contributed by atoms with Gasteiger partial charge < -0.3 is 9.13 Å². The Labute approximate surface area is 412 Å². The van der Waals surface area contributed by atoms with Crippen LogP contribution in [0.15, 0.2) is 237 Å². The molecule has 0 fully saturated rings. The predicted molar refractivity (Wildman–Crippen MR) is 298 cm³/mol. The zero-order chi connectivity index (χ0) is 47.2. The summed E-state index contributed by atoms with van der Waals surface area (Å²) in [5.74, 6) is 1.91. The fourth-order valence-electron chi connectivity index (χ4n) is 11.5. The monoisotopic (exact) mass is 923 g/mol. The van der Waals surface area contributed by atoms with Crippen molar-refractivity contribution in [2.24, 2.45) is 0 Å². The fraction of sp³-hybridized carbons (Fsp3) is 0.0308. The van der Waals surface area contributed by atoms with Gasteiger partial charge in [-0.15, -0.1) is 0 Å². The molecule has 71 heavy (non-hydrogen) atoms. The maximum Gasteiger partial charge on any atom is 0.166 e. The van der Waals surface area contributed by atoms with Crippen LogP contribution in [0.5, 0.6) is 0 Å². The van der Waals surface area contributed by atoms with Crippen LogP contribution in [0, 0.1) is 0 Å². The Kier molecular flexibility index (Phi) is 9.28. The molecule has 6 heteroatoms. The van der Waals surface area contributed by atoms with Gasteiger partial charge in [0.05, 0.1) is 27.8 Å². The molecule has 0 saturated heterocycles. The number of benzene rings is 10. The summed E-state index contributed by atoms with van der Waals surface area (Å²) in [5, 5.41) is 7.70. The molecule has 0 amide bonds. The molecule has 0 bridgehead atoms. The molecule has 3 aromatic heterocycles. The van der Waals surface area contributed by atoms with E-state index in [0.717, 1.165) is 50.2 Å². The Balaban J connectivity index is 1.03. The lowest BCUT2D eigenvalue weighted by molar-refractivity contribution is 1.06.